The molecule has 21 heavy (non-hydrogen) atoms. The van der Waals surface area contributed by atoms with E-state index in [2.05, 4.69) is 0 Å². The molecule has 1 saturated carbocycles. The van der Waals surface area contributed by atoms with Crippen LogP contribution in [0.2, 0.25) is 0 Å². The molecular formula is C17H17NO2S. The molecule has 1 amide bonds. The summed E-state index contributed by atoms with van der Waals surface area (Å²) in [6.45, 7) is 3.97. The highest BCUT2D eigenvalue weighted by atomic mass is 32.1. The zero-order valence-corrected chi connectivity index (χ0v) is 12.9. The molecule has 4 heteroatoms. The lowest BCUT2D eigenvalue weighted by atomic mass is 9.90. The van der Waals surface area contributed by atoms with Crippen molar-refractivity contribution in [1.82, 2.24) is 0 Å². The number of hydrogen-bond donors (Lipinski definition) is 1. The lowest BCUT2D eigenvalue weighted by molar-refractivity contribution is 0.0965. The van der Waals surface area contributed by atoms with Gasteiger partial charge in [-0.25, -0.2) is 0 Å². The average Bonchev–Trinajstić information content (AvgIpc) is 3.15. The van der Waals surface area contributed by atoms with Gasteiger partial charge in [-0.1, -0.05) is 11.6 Å². The van der Waals surface area contributed by atoms with Crippen molar-refractivity contribution < 1.29 is 9.59 Å². The predicted octanol–water partition coefficient (Wildman–Crippen LogP) is 3.72. The molecule has 0 spiro atoms. The summed E-state index contributed by atoms with van der Waals surface area (Å²) in [7, 11) is 0. The van der Waals surface area contributed by atoms with Crippen molar-refractivity contribution in [2.24, 2.45) is 11.7 Å². The molecule has 2 N–H and O–H groups in total. The second-order valence-electron chi connectivity index (χ2n) is 5.67. The number of benzene rings is 1. The normalized spacial score (nSPS) is 14.2. The Kier molecular flexibility index (Phi) is 3.41. The van der Waals surface area contributed by atoms with Crippen LogP contribution in [0.1, 0.15) is 44.0 Å². The summed E-state index contributed by atoms with van der Waals surface area (Å²) in [4.78, 5) is 24.7. The van der Waals surface area contributed by atoms with Gasteiger partial charge in [-0.3, -0.25) is 9.59 Å². The van der Waals surface area contributed by atoms with Gasteiger partial charge in [-0.15, -0.1) is 11.3 Å². The third-order valence-electron chi connectivity index (χ3n) is 3.85. The quantitative estimate of drug-likeness (QED) is 0.875. The number of ketones is 1. The molecular weight excluding hydrogens is 282 g/mol. The van der Waals surface area contributed by atoms with Crippen molar-refractivity contribution in [3.63, 3.8) is 0 Å². The van der Waals surface area contributed by atoms with E-state index >= 15 is 0 Å². The number of aryl methyl sites for hydroxylation is 2. The van der Waals surface area contributed by atoms with Crippen LogP contribution in [0, 0.1) is 19.8 Å². The average molecular weight is 299 g/mol. The minimum atomic E-state index is -0.440. The maximum absolute atomic E-state index is 12.6. The predicted molar refractivity (Wildman–Crippen MR) is 84.8 cm³/mol. The van der Waals surface area contributed by atoms with E-state index in [0.29, 0.717) is 4.88 Å². The van der Waals surface area contributed by atoms with Gasteiger partial charge in [-0.2, -0.15) is 0 Å². The van der Waals surface area contributed by atoms with Crippen molar-refractivity contribution in [2.75, 3.05) is 0 Å². The van der Waals surface area contributed by atoms with Gasteiger partial charge < -0.3 is 5.73 Å². The van der Waals surface area contributed by atoms with Crippen LogP contribution in [0.25, 0.3) is 11.1 Å². The molecule has 0 unspecified atom stereocenters. The maximum Gasteiger partial charge on any atom is 0.259 e. The molecule has 0 atom stereocenters. The molecule has 1 aliphatic rings. The van der Waals surface area contributed by atoms with Crippen LogP contribution in [-0.4, -0.2) is 11.7 Å². The van der Waals surface area contributed by atoms with Crippen LogP contribution in [0.3, 0.4) is 0 Å². The molecule has 0 aliphatic heterocycles. The van der Waals surface area contributed by atoms with Crippen LogP contribution >= 0.6 is 11.3 Å². The first-order chi connectivity index (χ1) is 9.99. The first-order valence-electron chi connectivity index (χ1n) is 7.02. The molecule has 0 saturated heterocycles. The van der Waals surface area contributed by atoms with Gasteiger partial charge in [-0.05, 0) is 55.3 Å². The number of Topliss-reactive ketones (excluding diaryl/α,β-unsaturated/α-hetero) is 1. The number of rotatable bonds is 4. The zero-order valence-electron chi connectivity index (χ0n) is 12.1. The standard InChI is InChI=1S/C17H17NO2S/c1-9-7-10(2)14(12-5-6-21-16(12)17(18)20)13(8-9)15(19)11-3-4-11/h5-8,11H,3-4H2,1-2H3,(H2,18,20). The van der Waals surface area contributed by atoms with Gasteiger partial charge in [0.25, 0.3) is 5.91 Å². The minimum absolute atomic E-state index is 0.153. The third kappa shape index (κ3) is 2.51. The van der Waals surface area contributed by atoms with Crippen LogP contribution in [0.5, 0.6) is 0 Å². The summed E-state index contributed by atoms with van der Waals surface area (Å²) >= 11 is 1.32. The van der Waals surface area contributed by atoms with E-state index in [0.717, 1.165) is 40.7 Å². The number of amides is 1. The zero-order chi connectivity index (χ0) is 15.1. The molecule has 3 nitrogen and oxygen atoms in total. The van der Waals surface area contributed by atoms with Crippen molar-refractivity contribution >= 4 is 23.0 Å². The first-order valence-corrected chi connectivity index (χ1v) is 7.90. The molecule has 0 radical (unpaired) electrons. The summed E-state index contributed by atoms with van der Waals surface area (Å²) in [5, 5.41) is 1.85. The van der Waals surface area contributed by atoms with Gasteiger partial charge >= 0.3 is 0 Å². The highest BCUT2D eigenvalue weighted by Crippen LogP contribution is 2.39. The van der Waals surface area contributed by atoms with Gasteiger partial charge in [0.15, 0.2) is 5.78 Å². The van der Waals surface area contributed by atoms with E-state index in [4.69, 9.17) is 5.73 Å². The summed E-state index contributed by atoms with van der Waals surface area (Å²) in [5.74, 6) is -0.0937. The summed E-state index contributed by atoms with van der Waals surface area (Å²) in [6.07, 6.45) is 1.94. The lowest BCUT2D eigenvalue weighted by Gasteiger charge is -2.13. The van der Waals surface area contributed by atoms with Crippen LogP contribution in [-0.2, 0) is 0 Å². The summed E-state index contributed by atoms with van der Waals surface area (Å²) in [5.41, 5.74) is 9.93. The Bertz CT molecular complexity index is 741. The third-order valence-corrected chi connectivity index (χ3v) is 4.78. The second-order valence-corrected chi connectivity index (χ2v) is 6.59. The fraction of sp³-hybridized carbons (Fsp3) is 0.294. The molecule has 1 aromatic heterocycles. The van der Waals surface area contributed by atoms with E-state index in [-0.39, 0.29) is 11.7 Å². The van der Waals surface area contributed by atoms with Crippen LogP contribution in [0.4, 0.5) is 0 Å². The highest BCUT2D eigenvalue weighted by molar-refractivity contribution is 7.12. The molecule has 1 heterocycles. The number of nitrogens with two attached hydrogens (primary N) is 1. The van der Waals surface area contributed by atoms with E-state index < -0.39 is 5.91 Å². The van der Waals surface area contributed by atoms with Crippen LogP contribution in [0.15, 0.2) is 23.6 Å². The van der Waals surface area contributed by atoms with E-state index in [1.165, 1.54) is 11.3 Å². The van der Waals surface area contributed by atoms with Gasteiger partial charge in [0.2, 0.25) is 0 Å². The summed E-state index contributed by atoms with van der Waals surface area (Å²) < 4.78 is 0. The van der Waals surface area contributed by atoms with E-state index in [1.807, 2.05) is 37.4 Å². The molecule has 1 aromatic carbocycles. The number of carbonyl (C=O) groups excluding carboxylic acids is 2. The number of carbonyl (C=O) groups is 2. The Balaban J connectivity index is 2.23. The molecule has 1 fully saturated rings. The van der Waals surface area contributed by atoms with Crippen molar-refractivity contribution in [3.05, 3.63) is 45.1 Å². The minimum Gasteiger partial charge on any atom is -0.365 e. The van der Waals surface area contributed by atoms with Crippen LogP contribution < -0.4 is 5.73 Å². The van der Waals surface area contributed by atoms with Crippen molar-refractivity contribution in [1.29, 1.82) is 0 Å². The Morgan fingerprint density at radius 2 is 1.95 bits per heavy atom. The first kappa shape index (κ1) is 14.0. The fourth-order valence-corrected chi connectivity index (χ4v) is 3.54. The Hall–Kier alpha value is -1.94. The summed E-state index contributed by atoms with van der Waals surface area (Å²) in [6, 6.07) is 5.86. The molecule has 2 aromatic rings. The largest absolute Gasteiger partial charge is 0.365 e. The molecule has 1 aliphatic carbocycles. The lowest BCUT2D eigenvalue weighted by Crippen LogP contribution is -2.12. The van der Waals surface area contributed by atoms with Crippen molar-refractivity contribution in [2.45, 2.75) is 26.7 Å². The van der Waals surface area contributed by atoms with Crippen molar-refractivity contribution in [3.8, 4) is 11.1 Å². The van der Waals surface area contributed by atoms with Gasteiger partial charge in [0.1, 0.15) is 0 Å². The molecule has 0 bridgehead atoms. The van der Waals surface area contributed by atoms with E-state index in [1.54, 1.807) is 0 Å². The fourth-order valence-electron chi connectivity index (χ4n) is 2.78. The number of thiophene rings is 1. The number of hydrogen-bond acceptors (Lipinski definition) is 3. The Labute approximate surface area is 127 Å². The SMILES string of the molecule is Cc1cc(C)c(-c2ccsc2C(N)=O)c(C(=O)C2CC2)c1. The van der Waals surface area contributed by atoms with Gasteiger partial charge in [0, 0.05) is 17.0 Å². The number of primary amides is 1. The monoisotopic (exact) mass is 299 g/mol. The Morgan fingerprint density at radius 3 is 2.57 bits per heavy atom. The van der Waals surface area contributed by atoms with Gasteiger partial charge in [0.05, 0.1) is 4.88 Å². The Morgan fingerprint density at radius 1 is 1.24 bits per heavy atom. The molecule has 108 valence electrons. The highest BCUT2D eigenvalue weighted by Gasteiger charge is 2.33. The molecule has 3 rings (SSSR count). The second kappa shape index (κ2) is 5.11. The van der Waals surface area contributed by atoms with E-state index in [9.17, 15) is 9.59 Å². The maximum atomic E-state index is 12.6. The smallest absolute Gasteiger partial charge is 0.259 e. The topological polar surface area (TPSA) is 60.2 Å².